The van der Waals surface area contributed by atoms with Gasteiger partial charge in [-0.1, -0.05) is 124 Å². The lowest BCUT2D eigenvalue weighted by Crippen LogP contribution is -2.24. The summed E-state index contributed by atoms with van der Waals surface area (Å²) in [6, 6.07) is 28.3. The summed E-state index contributed by atoms with van der Waals surface area (Å²) >= 11 is 0. The fraction of sp³-hybridized carbons (Fsp3) is 0.308. The molecule has 2 heteroatoms. The smallest absolute Gasteiger partial charge is 0.171 e. The van der Waals surface area contributed by atoms with Gasteiger partial charge in [0.05, 0.1) is 0 Å². The van der Waals surface area contributed by atoms with Gasteiger partial charge in [0.1, 0.15) is 0 Å². The Hall–Kier alpha value is -2.11. The minimum atomic E-state index is -2.84. The molecule has 28 heavy (non-hydrogen) atoms. The van der Waals surface area contributed by atoms with Crippen LogP contribution in [-0.4, -0.2) is 0 Å². The van der Waals surface area contributed by atoms with E-state index in [1.54, 1.807) is 0 Å². The Labute approximate surface area is 170 Å². The van der Waals surface area contributed by atoms with Crippen molar-refractivity contribution in [2.24, 2.45) is 0 Å². The molecule has 0 N–H and O–H groups in total. The first-order valence-electron chi connectivity index (χ1n) is 10.6. The minimum absolute atomic E-state index is 0.893. The molecule has 0 aliphatic heterocycles. The summed E-state index contributed by atoms with van der Waals surface area (Å²) in [6.07, 6.45) is 8.98. The van der Waals surface area contributed by atoms with Crippen molar-refractivity contribution in [2.45, 2.75) is 51.9 Å². The molecule has 0 atom stereocenters. The highest BCUT2D eigenvalue weighted by Gasteiger charge is 2.29. The third-order valence-corrected chi connectivity index (χ3v) is 8.43. The van der Waals surface area contributed by atoms with Crippen molar-refractivity contribution in [3.8, 4) is 0 Å². The molecule has 0 bridgehead atoms. The Bertz CT molecular complexity index is 826. The molecule has 0 unspecified atom stereocenters. The van der Waals surface area contributed by atoms with E-state index in [2.05, 4.69) is 31.2 Å². The number of unbranched alkanes of at least 4 members (excludes halogenated alkanes) is 5. The average Bonchev–Trinajstić information content (AvgIpc) is 2.77. The molecule has 0 saturated carbocycles. The summed E-state index contributed by atoms with van der Waals surface area (Å²) < 4.78 is 14.3. The van der Waals surface area contributed by atoms with Crippen LogP contribution in [0.1, 0.15) is 51.0 Å². The zero-order chi connectivity index (χ0) is 19.7. The van der Waals surface area contributed by atoms with Gasteiger partial charge in [-0.3, -0.25) is 0 Å². The van der Waals surface area contributed by atoms with Crippen LogP contribution in [0.3, 0.4) is 0 Å². The number of benzene rings is 3. The lowest BCUT2D eigenvalue weighted by molar-refractivity contribution is 0.592. The van der Waals surface area contributed by atoms with Gasteiger partial charge in [0, 0.05) is 15.9 Å². The van der Waals surface area contributed by atoms with Gasteiger partial charge in [0.15, 0.2) is 7.14 Å². The molecule has 0 heterocycles. The highest BCUT2D eigenvalue weighted by molar-refractivity contribution is 7.85. The Morgan fingerprint density at radius 1 is 0.571 bits per heavy atom. The molecular weight excluding hydrogens is 359 g/mol. The zero-order valence-electron chi connectivity index (χ0n) is 16.9. The van der Waals surface area contributed by atoms with Gasteiger partial charge in [0.2, 0.25) is 0 Å². The SMILES string of the molecule is CCCCCCCCc1ccc(P(=O)(c2ccccc2)c2ccccc2)cc1. The summed E-state index contributed by atoms with van der Waals surface area (Å²) in [4.78, 5) is 0. The van der Waals surface area contributed by atoms with Crippen LogP contribution >= 0.6 is 7.14 Å². The molecule has 146 valence electrons. The zero-order valence-corrected chi connectivity index (χ0v) is 17.8. The standard InChI is InChI=1S/C26H31OP/c1-2-3-4-5-6-9-14-23-19-21-26(22-20-23)28(27,24-15-10-7-11-16-24)25-17-12-8-13-18-25/h7-8,10-13,15-22H,2-6,9,14H2,1H3. The lowest BCUT2D eigenvalue weighted by Gasteiger charge is -2.20. The summed E-state index contributed by atoms with van der Waals surface area (Å²) in [7, 11) is -2.84. The number of aryl methyl sites for hydroxylation is 1. The van der Waals surface area contributed by atoms with Crippen LogP contribution < -0.4 is 15.9 Å². The summed E-state index contributed by atoms with van der Waals surface area (Å²) in [5.41, 5.74) is 1.34. The van der Waals surface area contributed by atoms with Crippen LogP contribution in [0.2, 0.25) is 0 Å². The van der Waals surface area contributed by atoms with E-state index in [0.717, 1.165) is 22.3 Å². The topological polar surface area (TPSA) is 17.1 Å². The Morgan fingerprint density at radius 3 is 1.57 bits per heavy atom. The molecule has 0 fully saturated rings. The van der Waals surface area contributed by atoms with Gasteiger partial charge < -0.3 is 4.57 Å². The second-order valence-corrected chi connectivity index (χ2v) is 10.2. The Balaban J connectivity index is 1.78. The molecule has 0 radical (unpaired) electrons. The van der Waals surface area contributed by atoms with E-state index >= 15 is 0 Å². The molecule has 0 aliphatic carbocycles. The van der Waals surface area contributed by atoms with Gasteiger partial charge in [-0.15, -0.1) is 0 Å². The van der Waals surface area contributed by atoms with Crippen molar-refractivity contribution < 1.29 is 4.57 Å². The minimum Gasteiger partial charge on any atom is -0.309 e. The molecule has 3 aromatic rings. The van der Waals surface area contributed by atoms with Gasteiger partial charge in [-0.25, -0.2) is 0 Å². The molecule has 0 aromatic heterocycles. The third-order valence-electron chi connectivity index (χ3n) is 5.36. The predicted molar refractivity (Wildman–Crippen MR) is 123 cm³/mol. The van der Waals surface area contributed by atoms with Gasteiger partial charge in [0.25, 0.3) is 0 Å². The van der Waals surface area contributed by atoms with Gasteiger partial charge in [-0.2, -0.15) is 0 Å². The highest BCUT2D eigenvalue weighted by Crippen LogP contribution is 2.42. The first-order valence-corrected chi connectivity index (χ1v) is 12.3. The molecule has 0 aliphatic rings. The van der Waals surface area contributed by atoms with Crippen molar-refractivity contribution in [2.75, 3.05) is 0 Å². The average molecular weight is 391 g/mol. The summed E-state index contributed by atoms with van der Waals surface area (Å²) in [6.45, 7) is 2.26. The van der Waals surface area contributed by atoms with E-state index < -0.39 is 7.14 Å². The number of hydrogen-bond donors (Lipinski definition) is 0. The summed E-state index contributed by atoms with van der Waals surface area (Å²) in [5, 5.41) is 2.70. The van der Waals surface area contributed by atoms with Crippen LogP contribution in [0.15, 0.2) is 84.9 Å². The maximum atomic E-state index is 14.3. The van der Waals surface area contributed by atoms with Crippen LogP contribution in [-0.2, 0) is 11.0 Å². The molecule has 1 nitrogen and oxygen atoms in total. The van der Waals surface area contributed by atoms with Crippen molar-refractivity contribution in [1.82, 2.24) is 0 Å². The van der Waals surface area contributed by atoms with E-state index in [1.165, 1.54) is 44.1 Å². The molecule has 0 spiro atoms. The molecular formula is C26H31OP. The van der Waals surface area contributed by atoms with Gasteiger partial charge in [-0.05, 0) is 18.4 Å². The third kappa shape index (κ3) is 5.03. The van der Waals surface area contributed by atoms with Gasteiger partial charge >= 0.3 is 0 Å². The largest absolute Gasteiger partial charge is 0.309 e. The first kappa shape index (κ1) is 20.6. The summed E-state index contributed by atoms with van der Waals surface area (Å²) in [5.74, 6) is 0. The Morgan fingerprint density at radius 2 is 1.04 bits per heavy atom. The van der Waals surface area contributed by atoms with E-state index in [1.807, 2.05) is 60.7 Å². The first-order chi connectivity index (χ1) is 13.7. The molecule has 0 saturated heterocycles. The van der Waals surface area contributed by atoms with Crippen molar-refractivity contribution >= 4 is 23.1 Å². The van der Waals surface area contributed by atoms with Crippen molar-refractivity contribution in [3.63, 3.8) is 0 Å². The van der Waals surface area contributed by atoms with E-state index in [4.69, 9.17) is 0 Å². The number of rotatable bonds is 10. The monoisotopic (exact) mass is 390 g/mol. The van der Waals surface area contributed by atoms with Crippen LogP contribution in [0.5, 0.6) is 0 Å². The number of hydrogen-bond acceptors (Lipinski definition) is 1. The quantitative estimate of drug-likeness (QED) is 0.296. The molecule has 3 aromatic carbocycles. The van der Waals surface area contributed by atoms with Crippen molar-refractivity contribution in [3.05, 3.63) is 90.5 Å². The maximum absolute atomic E-state index is 14.3. The predicted octanol–water partition coefficient (Wildman–Crippen LogP) is 6.23. The fourth-order valence-corrected chi connectivity index (χ4v) is 6.35. The highest BCUT2D eigenvalue weighted by atomic mass is 31.2. The van der Waals surface area contributed by atoms with E-state index in [-0.39, 0.29) is 0 Å². The van der Waals surface area contributed by atoms with Crippen LogP contribution in [0.4, 0.5) is 0 Å². The van der Waals surface area contributed by atoms with E-state index in [9.17, 15) is 4.57 Å². The molecule has 0 amide bonds. The second-order valence-electron chi connectivity index (χ2n) is 7.46. The maximum Gasteiger partial charge on any atom is 0.171 e. The molecule has 3 rings (SSSR count). The van der Waals surface area contributed by atoms with Crippen molar-refractivity contribution in [1.29, 1.82) is 0 Å². The Kier molecular flexibility index (Phi) is 7.69. The second kappa shape index (κ2) is 10.4. The lowest BCUT2D eigenvalue weighted by atomic mass is 10.1. The van der Waals surface area contributed by atoms with E-state index in [0.29, 0.717) is 0 Å². The normalized spacial score (nSPS) is 11.5. The van der Waals surface area contributed by atoms with Crippen LogP contribution in [0, 0.1) is 0 Å². The van der Waals surface area contributed by atoms with Crippen LogP contribution in [0.25, 0.3) is 0 Å². The fourth-order valence-electron chi connectivity index (χ4n) is 3.71.